The minimum Gasteiger partial charge on any atom is -0.349 e. The number of benzene rings is 1. The van der Waals surface area contributed by atoms with Crippen molar-refractivity contribution in [2.45, 2.75) is 39.2 Å². The fourth-order valence-corrected chi connectivity index (χ4v) is 3.32. The molecule has 1 fully saturated rings. The van der Waals surface area contributed by atoms with Crippen LogP contribution < -0.4 is 5.32 Å². The highest BCUT2D eigenvalue weighted by atomic mass is 16.1. The van der Waals surface area contributed by atoms with Gasteiger partial charge in [-0.2, -0.15) is 0 Å². The molecule has 110 valence electrons. The van der Waals surface area contributed by atoms with Gasteiger partial charge in [-0.25, -0.2) is 0 Å². The highest BCUT2D eigenvalue weighted by Gasteiger charge is 2.28. The van der Waals surface area contributed by atoms with Gasteiger partial charge in [0, 0.05) is 17.6 Å². The highest BCUT2D eigenvalue weighted by Crippen LogP contribution is 2.29. The van der Waals surface area contributed by atoms with Crippen LogP contribution in [-0.2, 0) is 0 Å². The zero-order valence-corrected chi connectivity index (χ0v) is 12.7. The number of rotatable bonds is 2. The molecule has 0 spiro atoms. The Bertz CT molecular complexity index is 647. The molecule has 1 aromatic heterocycles. The van der Waals surface area contributed by atoms with Crippen LogP contribution in [0.1, 0.15) is 43.5 Å². The molecule has 0 bridgehead atoms. The lowest BCUT2D eigenvalue weighted by Gasteiger charge is -2.34. The number of carbonyl (C=O) groups is 1. The summed E-state index contributed by atoms with van der Waals surface area (Å²) in [6.45, 7) is 4.53. The Morgan fingerprint density at radius 1 is 1.19 bits per heavy atom. The van der Waals surface area contributed by atoms with Crippen LogP contribution in [0.25, 0.3) is 10.9 Å². The first-order valence-corrected chi connectivity index (χ1v) is 7.81. The van der Waals surface area contributed by atoms with E-state index in [1.165, 1.54) is 12.8 Å². The molecular formula is C18H22N2O. The van der Waals surface area contributed by atoms with E-state index in [9.17, 15) is 4.79 Å². The van der Waals surface area contributed by atoms with Crippen molar-refractivity contribution in [3.05, 3.63) is 42.1 Å². The van der Waals surface area contributed by atoms with Crippen molar-refractivity contribution in [2.75, 3.05) is 0 Å². The Hall–Kier alpha value is -1.90. The van der Waals surface area contributed by atoms with Crippen molar-refractivity contribution in [1.29, 1.82) is 0 Å². The molecule has 1 aromatic carbocycles. The number of hydrogen-bond acceptors (Lipinski definition) is 2. The molecule has 3 rings (SSSR count). The van der Waals surface area contributed by atoms with E-state index in [1.807, 2.05) is 30.3 Å². The predicted molar refractivity (Wildman–Crippen MR) is 85.2 cm³/mol. The highest BCUT2D eigenvalue weighted by molar-refractivity contribution is 6.05. The largest absolute Gasteiger partial charge is 0.349 e. The molecular weight excluding hydrogens is 260 g/mol. The average Bonchev–Trinajstić information content (AvgIpc) is 2.51. The normalized spacial score (nSPS) is 25.7. The van der Waals surface area contributed by atoms with Crippen molar-refractivity contribution in [3.63, 3.8) is 0 Å². The van der Waals surface area contributed by atoms with E-state index in [-0.39, 0.29) is 11.9 Å². The molecule has 21 heavy (non-hydrogen) atoms. The maximum Gasteiger partial charge on any atom is 0.253 e. The summed E-state index contributed by atoms with van der Waals surface area (Å²) in [6.07, 6.45) is 5.29. The van der Waals surface area contributed by atoms with Gasteiger partial charge >= 0.3 is 0 Å². The van der Waals surface area contributed by atoms with Crippen molar-refractivity contribution < 1.29 is 4.79 Å². The first-order chi connectivity index (χ1) is 10.2. The number of nitrogens with zero attached hydrogens (tertiary/aromatic N) is 1. The molecule has 3 atom stereocenters. The smallest absolute Gasteiger partial charge is 0.253 e. The maximum absolute atomic E-state index is 12.6. The molecule has 1 heterocycles. The number of aromatic nitrogens is 1. The number of fused-ring (bicyclic) bond motifs is 1. The second-order valence-corrected chi connectivity index (χ2v) is 6.23. The van der Waals surface area contributed by atoms with Crippen molar-refractivity contribution >= 4 is 16.8 Å². The number of para-hydroxylation sites is 1. The number of hydrogen-bond donors (Lipinski definition) is 1. The van der Waals surface area contributed by atoms with Crippen LogP contribution in [0.15, 0.2) is 36.5 Å². The molecule has 2 aromatic rings. The van der Waals surface area contributed by atoms with Gasteiger partial charge in [0.1, 0.15) is 0 Å². The first-order valence-electron chi connectivity index (χ1n) is 7.81. The minimum atomic E-state index is 0.00486. The molecule has 0 saturated heterocycles. The molecule has 0 aliphatic heterocycles. The standard InChI is InChI=1S/C18H22N2O/c1-12-6-3-10-16(13(12)2)20-18(21)15-9-4-7-14-8-5-11-19-17(14)15/h4-5,7-9,11-13,16H,3,6,10H2,1-2H3,(H,20,21). The lowest BCUT2D eigenvalue weighted by Crippen LogP contribution is -2.43. The minimum absolute atomic E-state index is 0.00486. The first kappa shape index (κ1) is 14.1. The summed E-state index contributed by atoms with van der Waals surface area (Å²) in [6, 6.07) is 9.94. The van der Waals surface area contributed by atoms with Crippen molar-refractivity contribution in [3.8, 4) is 0 Å². The zero-order valence-electron chi connectivity index (χ0n) is 12.7. The van der Waals surface area contributed by atoms with E-state index in [0.29, 0.717) is 17.4 Å². The molecule has 1 amide bonds. The number of amides is 1. The monoisotopic (exact) mass is 282 g/mol. The number of carbonyl (C=O) groups excluding carboxylic acids is 1. The molecule has 0 radical (unpaired) electrons. The van der Waals surface area contributed by atoms with E-state index in [1.54, 1.807) is 6.20 Å². The third-order valence-electron chi connectivity index (χ3n) is 4.90. The van der Waals surface area contributed by atoms with Gasteiger partial charge in [-0.3, -0.25) is 9.78 Å². The van der Waals surface area contributed by atoms with E-state index in [0.717, 1.165) is 17.3 Å². The molecule has 3 nitrogen and oxygen atoms in total. The second-order valence-electron chi connectivity index (χ2n) is 6.23. The van der Waals surface area contributed by atoms with Crippen molar-refractivity contribution in [1.82, 2.24) is 10.3 Å². The van der Waals surface area contributed by atoms with Gasteiger partial charge < -0.3 is 5.32 Å². The Morgan fingerprint density at radius 2 is 2.00 bits per heavy atom. The lowest BCUT2D eigenvalue weighted by molar-refractivity contribution is 0.0892. The van der Waals surface area contributed by atoms with Crippen LogP contribution in [0.2, 0.25) is 0 Å². The summed E-state index contributed by atoms with van der Waals surface area (Å²) in [5.41, 5.74) is 1.47. The second kappa shape index (κ2) is 5.84. The van der Waals surface area contributed by atoms with Gasteiger partial charge in [0.15, 0.2) is 0 Å². The van der Waals surface area contributed by atoms with Gasteiger partial charge in [0.25, 0.3) is 5.91 Å². The topological polar surface area (TPSA) is 42.0 Å². The summed E-state index contributed by atoms with van der Waals surface area (Å²) in [5.74, 6) is 1.21. The molecule has 3 unspecified atom stereocenters. The Kier molecular flexibility index (Phi) is 3.91. The third-order valence-corrected chi connectivity index (χ3v) is 4.90. The number of pyridine rings is 1. The maximum atomic E-state index is 12.6. The molecule has 3 heteroatoms. The fourth-order valence-electron chi connectivity index (χ4n) is 3.32. The zero-order chi connectivity index (χ0) is 14.8. The Labute approximate surface area is 125 Å². The molecule has 1 saturated carbocycles. The van der Waals surface area contributed by atoms with Crippen molar-refractivity contribution in [2.24, 2.45) is 11.8 Å². The third kappa shape index (κ3) is 2.78. The van der Waals surface area contributed by atoms with Gasteiger partial charge in [0.2, 0.25) is 0 Å². The van der Waals surface area contributed by atoms with Crippen LogP contribution in [0.4, 0.5) is 0 Å². The van der Waals surface area contributed by atoms with Crippen LogP contribution in [0.5, 0.6) is 0 Å². The van der Waals surface area contributed by atoms with E-state index in [4.69, 9.17) is 0 Å². The molecule has 1 aliphatic carbocycles. The lowest BCUT2D eigenvalue weighted by atomic mass is 9.78. The van der Waals surface area contributed by atoms with Crippen LogP contribution >= 0.6 is 0 Å². The van der Waals surface area contributed by atoms with Crippen LogP contribution in [-0.4, -0.2) is 16.9 Å². The van der Waals surface area contributed by atoms with E-state index < -0.39 is 0 Å². The number of nitrogens with one attached hydrogen (secondary N) is 1. The summed E-state index contributed by atoms with van der Waals surface area (Å²) >= 11 is 0. The summed E-state index contributed by atoms with van der Waals surface area (Å²) < 4.78 is 0. The molecule has 1 N–H and O–H groups in total. The summed E-state index contributed by atoms with van der Waals surface area (Å²) in [4.78, 5) is 17.0. The van der Waals surface area contributed by atoms with Gasteiger partial charge in [0.05, 0.1) is 11.1 Å². The Morgan fingerprint density at radius 3 is 2.86 bits per heavy atom. The summed E-state index contributed by atoms with van der Waals surface area (Å²) in [5, 5.41) is 4.24. The van der Waals surface area contributed by atoms with Gasteiger partial charge in [-0.1, -0.05) is 44.9 Å². The van der Waals surface area contributed by atoms with Crippen LogP contribution in [0.3, 0.4) is 0 Å². The predicted octanol–water partition coefficient (Wildman–Crippen LogP) is 3.79. The van der Waals surface area contributed by atoms with E-state index >= 15 is 0 Å². The van der Waals surface area contributed by atoms with E-state index in [2.05, 4.69) is 24.1 Å². The van der Waals surface area contributed by atoms with Gasteiger partial charge in [-0.05, 0) is 30.4 Å². The fraction of sp³-hybridized carbons (Fsp3) is 0.444. The summed E-state index contributed by atoms with van der Waals surface area (Å²) in [7, 11) is 0. The molecule has 1 aliphatic rings. The van der Waals surface area contributed by atoms with Gasteiger partial charge in [-0.15, -0.1) is 0 Å². The Balaban J connectivity index is 1.84. The quantitative estimate of drug-likeness (QED) is 0.910. The SMILES string of the molecule is CC1CCCC(NC(=O)c2cccc3cccnc23)C1C. The van der Waals surface area contributed by atoms with Crippen LogP contribution in [0, 0.1) is 11.8 Å². The average molecular weight is 282 g/mol.